The minimum Gasteiger partial charge on any atom is -0.479 e. The summed E-state index contributed by atoms with van der Waals surface area (Å²) in [6.07, 6.45) is 1.91. The Bertz CT molecular complexity index is 470. The van der Waals surface area contributed by atoms with Crippen LogP contribution in [0.5, 0.6) is 5.88 Å². The van der Waals surface area contributed by atoms with Crippen LogP contribution in [0.3, 0.4) is 0 Å². The first kappa shape index (κ1) is 9.47. The van der Waals surface area contributed by atoms with E-state index >= 15 is 0 Å². The minimum atomic E-state index is 0.478. The van der Waals surface area contributed by atoms with Gasteiger partial charge in [-0.2, -0.15) is 4.98 Å². The Balaban J connectivity index is 2.72. The number of anilines is 1. The van der Waals surface area contributed by atoms with Crippen molar-refractivity contribution in [2.45, 2.75) is 5.16 Å². The molecule has 0 bridgehead atoms. The van der Waals surface area contributed by atoms with E-state index in [9.17, 15) is 0 Å². The standard InChI is InChI=1S/C7H8N4OS2/c1-12-4-3-5(14-6(8)9-3)11-7(10-4)13-2/h1-2H3,(H2,8,9). The third-order valence-electron chi connectivity index (χ3n) is 1.60. The number of nitrogens with two attached hydrogens (primary N) is 1. The molecule has 0 saturated heterocycles. The fraction of sp³-hybridized carbons (Fsp3) is 0.286. The average Bonchev–Trinajstić information content (AvgIpc) is 2.56. The summed E-state index contributed by atoms with van der Waals surface area (Å²) in [6.45, 7) is 0. The van der Waals surface area contributed by atoms with Crippen molar-refractivity contribution < 1.29 is 4.74 Å². The van der Waals surface area contributed by atoms with Crippen molar-refractivity contribution in [3.8, 4) is 5.88 Å². The lowest BCUT2D eigenvalue weighted by Gasteiger charge is -2.00. The molecule has 74 valence electrons. The number of aromatic nitrogens is 3. The highest BCUT2D eigenvalue weighted by molar-refractivity contribution is 7.98. The molecule has 2 N–H and O–H groups in total. The smallest absolute Gasteiger partial charge is 0.245 e. The van der Waals surface area contributed by atoms with Crippen molar-refractivity contribution in [2.75, 3.05) is 19.1 Å². The Hall–Kier alpha value is -1.08. The number of thiazole rings is 1. The number of nitrogen functional groups attached to an aromatic ring is 1. The highest BCUT2D eigenvalue weighted by Crippen LogP contribution is 2.29. The van der Waals surface area contributed by atoms with E-state index in [-0.39, 0.29) is 0 Å². The maximum absolute atomic E-state index is 5.58. The monoisotopic (exact) mass is 228 g/mol. The highest BCUT2D eigenvalue weighted by Gasteiger charge is 2.11. The molecule has 2 aromatic rings. The molecule has 0 atom stereocenters. The lowest BCUT2D eigenvalue weighted by Crippen LogP contribution is -1.93. The van der Waals surface area contributed by atoms with E-state index in [0.29, 0.717) is 21.7 Å². The van der Waals surface area contributed by atoms with Crippen LogP contribution in [0.15, 0.2) is 5.16 Å². The first-order chi connectivity index (χ1) is 6.74. The third-order valence-corrected chi connectivity index (χ3v) is 2.92. The number of methoxy groups -OCH3 is 1. The number of ether oxygens (including phenoxy) is 1. The first-order valence-corrected chi connectivity index (χ1v) is 5.80. The predicted octanol–water partition coefficient (Wildman–Crippen LogP) is 1.40. The summed E-state index contributed by atoms with van der Waals surface area (Å²) < 4.78 is 5.11. The van der Waals surface area contributed by atoms with Crippen LogP contribution in [0.2, 0.25) is 0 Å². The predicted molar refractivity (Wildman–Crippen MR) is 58.0 cm³/mol. The molecule has 5 nitrogen and oxygen atoms in total. The van der Waals surface area contributed by atoms with Gasteiger partial charge >= 0.3 is 0 Å². The molecule has 0 aliphatic rings. The quantitative estimate of drug-likeness (QED) is 0.618. The molecule has 0 unspecified atom stereocenters. The van der Waals surface area contributed by atoms with Crippen molar-refractivity contribution in [2.24, 2.45) is 0 Å². The number of hydrogen-bond acceptors (Lipinski definition) is 7. The van der Waals surface area contributed by atoms with Gasteiger partial charge in [-0.05, 0) is 6.26 Å². The number of thioether (sulfide) groups is 1. The van der Waals surface area contributed by atoms with E-state index < -0.39 is 0 Å². The number of hydrogen-bond donors (Lipinski definition) is 1. The van der Waals surface area contributed by atoms with Crippen molar-refractivity contribution >= 4 is 38.6 Å². The molecule has 14 heavy (non-hydrogen) atoms. The minimum absolute atomic E-state index is 0.478. The summed E-state index contributed by atoms with van der Waals surface area (Å²) in [6, 6.07) is 0. The van der Waals surface area contributed by atoms with Crippen LogP contribution in [-0.2, 0) is 0 Å². The van der Waals surface area contributed by atoms with Gasteiger partial charge in [-0.3, -0.25) is 0 Å². The SMILES string of the molecule is COc1nc(SC)nc2sc(N)nc12. The van der Waals surface area contributed by atoms with E-state index in [1.165, 1.54) is 23.1 Å². The third kappa shape index (κ3) is 1.48. The van der Waals surface area contributed by atoms with Gasteiger partial charge in [-0.25, -0.2) is 9.97 Å². The van der Waals surface area contributed by atoms with Crippen LogP contribution in [0, 0.1) is 0 Å². The fourth-order valence-electron chi connectivity index (χ4n) is 1.03. The summed E-state index contributed by atoms with van der Waals surface area (Å²) >= 11 is 2.79. The van der Waals surface area contributed by atoms with Crippen LogP contribution in [0.4, 0.5) is 5.13 Å². The van der Waals surface area contributed by atoms with Crippen LogP contribution in [-0.4, -0.2) is 28.3 Å². The molecule has 0 spiro atoms. The number of nitrogens with zero attached hydrogens (tertiary/aromatic N) is 3. The zero-order valence-corrected chi connectivity index (χ0v) is 9.28. The van der Waals surface area contributed by atoms with Crippen molar-refractivity contribution in [1.82, 2.24) is 15.0 Å². The van der Waals surface area contributed by atoms with Gasteiger partial charge in [0.25, 0.3) is 0 Å². The Morgan fingerprint density at radius 1 is 1.36 bits per heavy atom. The summed E-state index contributed by atoms with van der Waals surface area (Å²) in [7, 11) is 1.56. The average molecular weight is 228 g/mol. The summed E-state index contributed by atoms with van der Waals surface area (Å²) in [5.41, 5.74) is 6.22. The number of fused-ring (bicyclic) bond motifs is 1. The van der Waals surface area contributed by atoms with Gasteiger partial charge < -0.3 is 10.5 Å². The van der Waals surface area contributed by atoms with Crippen LogP contribution < -0.4 is 10.5 Å². The zero-order chi connectivity index (χ0) is 10.1. The molecule has 0 amide bonds. The lowest BCUT2D eigenvalue weighted by molar-refractivity contribution is 0.398. The molecular formula is C7H8N4OS2. The van der Waals surface area contributed by atoms with Crippen LogP contribution >= 0.6 is 23.1 Å². The Morgan fingerprint density at radius 3 is 2.79 bits per heavy atom. The van der Waals surface area contributed by atoms with Gasteiger partial charge in [0, 0.05) is 0 Å². The maximum Gasteiger partial charge on any atom is 0.245 e. The van der Waals surface area contributed by atoms with E-state index in [0.717, 1.165) is 4.83 Å². The van der Waals surface area contributed by atoms with Gasteiger partial charge in [0.15, 0.2) is 20.6 Å². The van der Waals surface area contributed by atoms with E-state index in [1.807, 2.05) is 6.26 Å². The molecule has 2 aromatic heterocycles. The second-order valence-electron chi connectivity index (χ2n) is 2.43. The molecule has 7 heteroatoms. The maximum atomic E-state index is 5.58. The first-order valence-electron chi connectivity index (χ1n) is 3.76. The van der Waals surface area contributed by atoms with Crippen LogP contribution in [0.1, 0.15) is 0 Å². The topological polar surface area (TPSA) is 73.9 Å². The molecule has 0 fully saturated rings. The Labute approximate surface area is 88.7 Å². The molecule has 0 aromatic carbocycles. The summed E-state index contributed by atoms with van der Waals surface area (Å²) in [4.78, 5) is 13.3. The van der Waals surface area contributed by atoms with Crippen molar-refractivity contribution in [1.29, 1.82) is 0 Å². The zero-order valence-electron chi connectivity index (χ0n) is 7.64. The fourth-order valence-corrected chi connectivity index (χ4v) is 2.14. The summed E-state index contributed by atoms with van der Waals surface area (Å²) in [5.74, 6) is 0.479. The molecular weight excluding hydrogens is 220 g/mol. The molecule has 0 aliphatic carbocycles. The normalized spacial score (nSPS) is 10.7. The van der Waals surface area contributed by atoms with Crippen LogP contribution in [0.25, 0.3) is 10.3 Å². The van der Waals surface area contributed by atoms with Gasteiger partial charge in [-0.1, -0.05) is 23.1 Å². The molecule has 2 rings (SSSR count). The largest absolute Gasteiger partial charge is 0.479 e. The highest BCUT2D eigenvalue weighted by atomic mass is 32.2. The lowest BCUT2D eigenvalue weighted by atomic mass is 10.5. The van der Waals surface area contributed by atoms with Crippen molar-refractivity contribution in [3.63, 3.8) is 0 Å². The van der Waals surface area contributed by atoms with Gasteiger partial charge in [0.2, 0.25) is 5.88 Å². The van der Waals surface area contributed by atoms with Gasteiger partial charge in [0.05, 0.1) is 7.11 Å². The Kier molecular flexibility index (Phi) is 2.42. The van der Waals surface area contributed by atoms with Gasteiger partial charge in [-0.15, -0.1) is 0 Å². The van der Waals surface area contributed by atoms with E-state index in [1.54, 1.807) is 7.11 Å². The second-order valence-corrected chi connectivity index (χ2v) is 4.21. The summed E-state index contributed by atoms with van der Waals surface area (Å²) in [5, 5.41) is 1.14. The van der Waals surface area contributed by atoms with Crippen molar-refractivity contribution in [3.05, 3.63) is 0 Å². The number of rotatable bonds is 2. The second kappa shape index (κ2) is 3.58. The molecule has 0 aliphatic heterocycles. The Morgan fingerprint density at radius 2 is 2.14 bits per heavy atom. The van der Waals surface area contributed by atoms with Gasteiger partial charge in [0.1, 0.15) is 0 Å². The molecule has 0 saturated carbocycles. The molecule has 0 radical (unpaired) electrons. The molecule has 2 heterocycles. The van der Waals surface area contributed by atoms with E-state index in [4.69, 9.17) is 10.5 Å². The van der Waals surface area contributed by atoms with E-state index in [2.05, 4.69) is 15.0 Å².